The minimum atomic E-state index is -0.288. The maximum atomic E-state index is 13.4. The standard InChI is InChI=1S/C13H15BrFNO/c1-13(2)6-10(13)12(17)16-7-8-5-9(14)3-4-11(8)15/h3-5,10H,6-7H2,1-2H3,(H,16,17). The number of rotatable bonds is 3. The van der Waals surface area contributed by atoms with Crippen LogP contribution in [0.4, 0.5) is 4.39 Å². The van der Waals surface area contributed by atoms with Gasteiger partial charge in [-0.15, -0.1) is 0 Å². The number of nitrogens with one attached hydrogen (secondary N) is 1. The van der Waals surface area contributed by atoms with E-state index in [-0.39, 0.29) is 29.6 Å². The number of halogens is 2. The number of benzene rings is 1. The van der Waals surface area contributed by atoms with Crippen molar-refractivity contribution in [1.82, 2.24) is 5.32 Å². The molecule has 2 rings (SSSR count). The number of hydrogen-bond donors (Lipinski definition) is 1. The average molecular weight is 300 g/mol. The van der Waals surface area contributed by atoms with E-state index in [1.165, 1.54) is 6.07 Å². The first-order valence-corrected chi connectivity index (χ1v) is 6.41. The monoisotopic (exact) mass is 299 g/mol. The van der Waals surface area contributed by atoms with Crippen molar-refractivity contribution in [2.75, 3.05) is 0 Å². The molecule has 92 valence electrons. The molecule has 0 aliphatic heterocycles. The summed E-state index contributed by atoms with van der Waals surface area (Å²) in [4.78, 5) is 11.7. The normalized spacial score (nSPS) is 21.1. The minimum absolute atomic E-state index is 0.0226. The van der Waals surface area contributed by atoms with Crippen molar-refractivity contribution in [2.24, 2.45) is 11.3 Å². The summed E-state index contributed by atoms with van der Waals surface area (Å²) in [7, 11) is 0. The van der Waals surface area contributed by atoms with Crippen LogP contribution < -0.4 is 5.32 Å². The SMILES string of the molecule is CC1(C)CC1C(=O)NCc1cc(Br)ccc1F. The van der Waals surface area contributed by atoms with Gasteiger partial charge in [-0.1, -0.05) is 29.8 Å². The highest BCUT2D eigenvalue weighted by Crippen LogP contribution is 2.51. The fourth-order valence-corrected chi connectivity index (χ4v) is 2.31. The molecule has 0 bridgehead atoms. The Bertz CT molecular complexity index is 459. The second-order valence-corrected chi connectivity index (χ2v) is 6.11. The summed E-state index contributed by atoms with van der Waals surface area (Å²) >= 11 is 3.28. The number of hydrogen-bond acceptors (Lipinski definition) is 1. The molecular formula is C13H15BrFNO. The Balaban J connectivity index is 1.94. The second-order valence-electron chi connectivity index (χ2n) is 5.20. The molecule has 1 saturated carbocycles. The van der Waals surface area contributed by atoms with Crippen LogP contribution in [0.25, 0.3) is 0 Å². The fourth-order valence-electron chi connectivity index (χ4n) is 1.90. The van der Waals surface area contributed by atoms with Gasteiger partial charge >= 0.3 is 0 Å². The zero-order chi connectivity index (χ0) is 12.6. The highest BCUT2D eigenvalue weighted by atomic mass is 79.9. The van der Waals surface area contributed by atoms with Gasteiger partial charge in [0.25, 0.3) is 0 Å². The van der Waals surface area contributed by atoms with Gasteiger partial charge in [0, 0.05) is 22.5 Å². The highest BCUT2D eigenvalue weighted by Gasteiger charge is 2.50. The van der Waals surface area contributed by atoms with E-state index in [0.29, 0.717) is 5.56 Å². The third kappa shape index (κ3) is 2.86. The van der Waals surface area contributed by atoms with Crippen LogP contribution in [0.2, 0.25) is 0 Å². The molecule has 1 amide bonds. The summed E-state index contributed by atoms with van der Waals surface area (Å²) in [5.41, 5.74) is 0.617. The summed E-state index contributed by atoms with van der Waals surface area (Å²) in [6.07, 6.45) is 0.916. The van der Waals surface area contributed by atoms with Gasteiger partial charge < -0.3 is 5.32 Å². The lowest BCUT2D eigenvalue weighted by atomic mass is 10.1. The Labute approximate surface area is 109 Å². The van der Waals surface area contributed by atoms with E-state index in [2.05, 4.69) is 35.1 Å². The third-order valence-electron chi connectivity index (χ3n) is 3.29. The lowest BCUT2D eigenvalue weighted by Gasteiger charge is -2.08. The molecule has 1 fully saturated rings. The summed E-state index contributed by atoms with van der Waals surface area (Å²) in [5.74, 6) is -0.185. The molecule has 0 heterocycles. The zero-order valence-electron chi connectivity index (χ0n) is 9.89. The van der Waals surface area contributed by atoms with Crippen LogP contribution in [-0.4, -0.2) is 5.91 Å². The topological polar surface area (TPSA) is 29.1 Å². The minimum Gasteiger partial charge on any atom is -0.352 e. The van der Waals surface area contributed by atoms with E-state index < -0.39 is 0 Å². The molecule has 1 aromatic rings. The van der Waals surface area contributed by atoms with Crippen molar-refractivity contribution >= 4 is 21.8 Å². The van der Waals surface area contributed by atoms with E-state index in [1.807, 2.05) is 0 Å². The summed E-state index contributed by atoms with van der Waals surface area (Å²) < 4.78 is 14.2. The van der Waals surface area contributed by atoms with Crippen molar-refractivity contribution in [1.29, 1.82) is 0 Å². The first kappa shape index (κ1) is 12.6. The average Bonchev–Trinajstić information content (AvgIpc) is 2.89. The van der Waals surface area contributed by atoms with Crippen molar-refractivity contribution in [3.05, 3.63) is 34.1 Å². The van der Waals surface area contributed by atoms with Crippen molar-refractivity contribution in [3.8, 4) is 0 Å². The second kappa shape index (κ2) is 4.41. The smallest absolute Gasteiger partial charge is 0.223 e. The molecule has 0 saturated heterocycles. The quantitative estimate of drug-likeness (QED) is 0.912. The van der Waals surface area contributed by atoms with Gasteiger partial charge in [-0.05, 0) is 30.0 Å². The largest absolute Gasteiger partial charge is 0.352 e. The summed E-state index contributed by atoms with van der Waals surface area (Å²) in [6, 6.07) is 4.73. The van der Waals surface area contributed by atoms with Gasteiger partial charge in [0.15, 0.2) is 0 Å². The molecule has 1 aliphatic rings. The molecule has 17 heavy (non-hydrogen) atoms. The first-order chi connectivity index (χ1) is 7.90. The van der Waals surface area contributed by atoms with Gasteiger partial charge in [-0.2, -0.15) is 0 Å². The van der Waals surface area contributed by atoms with Gasteiger partial charge in [0.1, 0.15) is 5.82 Å². The van der Waals surface area contributed by atoms with Crippen LogP contribution in [0.1, 0.15) is 25.8 Å². The molecule has 1 N–H and O–H groups in total. The maximum Gasteiger partial charge on any atom is 0.223 e. The molecule has 1 unspecified atom stereocenters. The predicted molar refractivity (Wildman–Crippen MR) is 67.8 cm³/mol. The van der Waals surface area contributed by atoms with Crippen molar-refractivity contribution < 1.29 is 9.18 Å². The van der Waals surface area contributed by atoms with Gasteiger partial charge in [0.05, 0.1) is 0 Å². The maximum absolute atomic E-state index is 13.4. The molecule has 0 radical (unpaired) electrons. The van der Waals surface area contributed by atoms with Crippen molar-refractivity contribution in [3.63, 3.8) is 0 Å². The Hall–Kier alpha value is -0.900. The molecule has 0 aromatic heterocycles. The van der Waals surface area contributed by atoms with Crippen LogP contribution in [-0.2, 0) is 11.3 Å². The summed E-state index contributed by atoms with van der Waals surface area (Å²) in [6.45, 7) is 4.38. The molecule has 2 nitrogen and oxygen atoms in total. The molecule has 1 atom stereocenters. The van der Waals surface area contributed by atoms with Gasteiger partial charge in [-0.25, -0.2) is 4.39 Å². The number of carbonyl (C=O) groups excluding carboxylic acids is 1. The van der Waals surface area contributed by atoms with E-state index >= 15 is 0 Å². The molecular weight excluding hydrogens is 285 g/mol. The summed E-state index contributed by atoms with van der Waals surface area (Å²) in [5, 5.41) is 2.78. The molecule has 4 heteroatoms. The fraction of sp³-hybridized carbons (Fsp3) is 0.462. The van der Waals surface area contributed by atoms with Crippen molar-refractivity contribution in [2.45, 2.75) is 26.8 Å². The van der Waals surface area contributed by atoms with E-state index in [0.717, 1.165) is 10.9 Å². The Morgan fingerprint density at radius 3 is 2.82 bits per heavy atom. The van der Waals surface area contributed by atoms with E-state index in [9.17, 15) is 9.18 Å². The molecule has 0 spiro atoms. The zero-order valence-corrected chi connectivity index (χ0v) is 11.5. The Morgan fingerprint density at radius 2 is 2.24 bits per heavy atom. The van der Waals surface area contributed by atoms with Gasteiger partial charge in [-0.3, -0.25) is 4.79 Å². The lowest BCUT2D eigenvalue weighted by Crippen LogP contribution is -2.26. The van der Waals surface area contributed by atoms with E-state index in [1.54, 1.807) is 12.1 Å². The van der Waals surface area contributed by atoms with Gasteiger partial charge in [0.2, 0.25) is 5.91 Å². The molecule has 1 aromatic carbocycles. The lowest BCUT2D eigenvalue weighted by molar-refractivity contribution is -0.123. The van der Waals surface area contributed by atoms with Crippen LogP contribution in [0.5, 0.6) is 0 Å². The highest BCUT2D eigenvalue weighted by molar-refractivity contribution is 9.10. The van der Waals surface area contributed by atoms with Crippen LogP contribution in [0.3, 0.4) is 0 Å². The number of amides is 1. The Kier molecular flexibility index (Phi) is 3.25. The Morgan fingerprint density at radius 1 is 1.59 bits per heavy atom. The molecule has 1 aliphatic carbocycles. The van der Waals surface area contributed by atoms with E-state index in [4.69, 9.17) is 0 Å². The van der Waals surface area contributed by atoms with Crippen LogP contribution in [0.15, 0.2) is 22.7 Å². The first-order valence-electron chi connectivity index (χ1n) is 5.62. The van der Waals surface area contributed by atoms with Crippen LogP contribution in [0, 0.1) is 17.2 Å². The van der Waals surface area contributed by atoms with Crippen LogP contribution >= 0.6 is 15.9 Å². The third-order valence-corrected chi connectivity index (χ3v) is 3.78. The predicted octanol–water partition coefficient (Wildman–Crippen LogP) is 3.25. The number of carbonyl (C=O) groups is 1.